The van der Waals surface area contributed by atoms with Gasteiger partial charge >= 0.3 is 5.97 Å². The lowest BCUT2D eigenvalue weighted by atomic mass is 10.4. The van der Waals surface area contributed by atoms with E-state index in [0.29, 0.717) is 0 Å². The van der Waals surface area contributed by atoms with Crippen LogP contribution in [0.2, 0.25) is 0 Å². The molecule has 0 fully saturated rings. The molecule has 0 heterocycles. The van der Waals surface area contributed by atoms with Crippen molar-refractivity contribution in [1.29, 1.82) is 0 Å². The van der Waals surface area contributed by atoms with Crippen molar-refractivity contribution < 1.29 is 9.90 Å². The van der Waals surface area contributed by atoms with Gasteiger partial charge in [0.25, 0.3) is 0 Å². The summed E-state index contributed by atoms with van der Waals surface area (Å²) < 4.78 is 0. The Balaban J connectivity index is 0. The van der Waals surface area contributed by atoms with Crippen LogP contribution in [0.25, 0.3) is 0 Å². The minimum atomic E-state index is -0.935. The summed E-state index contributed by atoms with van der Waals surface area (Å²) in [7, 11) is 0. The highest BCUT2D eigenvalue weighted by molar-refractivity contribution is 5.84. The SMILES string of the molecule is C=C(C)C(=O)O.CCC. The predicted molar refractivity (Wildman–Crippen MR) is 38.4 cm³/mol. The van der Waals surface area contributed by atoms with Gasteiger partial charge < -0.3 is 5.11 Å². The Morgan fingerprint density at radius 2 is 1.67 bits per heavy atom. The summed E-state index contributed by atoms with van der Waals surface area (Å²) in [5.41, 5.74) is 0.176. The van der Waals surface area contributed by atoms with Crippen LogP contribution in [0.4, 0.5) is 0 Å². The van der Waals surface area contributed by atoms with Gasteiger partial charge in [-0.1, -0.05) is 26.8 Å². The normalized spacial score (nSPS) is 7.00. The summed E-state index contributed by atoms with van der Waals surface area (Å²) in [5.74, 6) is -0.935. The third-order valence-electron chi connectivity index (χ3n) is 0.365. The summed E-state index contributed by atoms with van der Waals surface area (Å²) in [4.78, 5) is 9.60. The molecule has 2 nitrogen and oxygen atoms in total. The minimum absolute atomic E-state index is 0.176. The van der Waals surface area contributed by atoms with Gasteiger partial charge in [0.05, 0.1) is 0 Å². The highest BCUT2D eigenvalue weighted by Gasteiger charge is 1.90. The number of carbonyl (C=O) groups is 1. The van der Waals surface area contributed by atoms with Crippen LogP contribution in [0.3, 0.4) is 0 Å². The van der Waals surface area contributed by atoms with E-state index in [4.69, 9.17) is 5.11 Å². The van der Waals surface area contributed by atoms with E-state index >= 15 is 0 Å². The fraction of sp³-hybridized carbons (Fsp3) is 0.571. The Morgan fingerprint density at radius 3 is 1.67 bits per heavy atom. The maximum atomic E-state index is 9.60. The van der Waals surface area contributed by atoms with Gasteiger partial charge in [0, 0.05) is 5.57 Å². The molecule has 0 amide bonds. The lowest BCUT2D eigenvalue weighted by Crippen LogP contribution is -1.92. The Morgan fingerprint density at radius 1 is 1.56 bits per heavy atom. The third kappa shape index (κ3) is 19.0. The first-order valence-electron chi connectivity index (χ1n) is 2.95. The Kier molecular flexibility index (Phi) is 8.87. The zero-order valence-electron chi connectivity index (χ0n) is 6.27. The van der Waals surface area contributed by atoms with Gasteiger partial charge in [-0.05, 0) is 6.92 Å². The van der Waals surface area contributed by atoms with Gasteiger partial charge in [-0.25, -0.2) is 4.79 Å². The van der Waals surface area contributed by atoms with Crippen LogP contribution >= 0.6 is 0 Å². The molecule has 0 radical (unpaired) electrons. The monoisotopic (exact) mass is 130 g/mol. The van der Waals surface area contributed by atoms with E-state index in [1.807, 2.05) is 0 Å². The third-order valence-corrected chi connectivity index (χ3v) is 0.365. The second-order valence-electron chi connectivity index (χ2n) is 1.79. The van der Waals surface area contributed by atoms with Gasteiger partial charge in [0.15, 0.2) is 0 Å². The zero-order chi connectivity index (χ0) is 7.86. The van der Waals surface area contributed by atoms with Crippen LogP contribution in [0.1, 0.15) is 27.2 Å². The molecular formula is C7H14O2. The van der Waals surface area contributed by atoms with E-state index in [9.17, 15) is 4.79 Å². The molecule has 0 aromatic rings. The number of carboxylic acids is 1. The topological polar surface area (TPSA) is 37.3 Å². The summed E-state index contributed by atoms with van der Waals surface area (Å²) in [6.45, 7) is 8.85. The predicted octanol–water partition coefficient (Wildman–Crippen LogP) is 2.06. The fourth-order valence-corrected chi connectivity index (χ4v) is 0. The zero-order valence-corrected chi connectivity index (χ0v) is 6.27. The maximum Gasteiger partial charge on any atom is 0.330 e. The number of rotatable bonds is 1. The second-order valence-corrected chi connectivity index (χ2v) is 1.79. The molecule has 0 rings (SSSR count). The quantitative estimate of drug-likeness (QED) is 0.551. The number of hydrogen-bond acceptors (Lipinski definition) is 1. The van der Waals surface area contributed by atoms with E-state index in [-0.39, 0.29) is 5.57 Å². The highest BCUT2D eigenvalue weighted by atomic mass is 16.4. The molecule has 2 heteroatoms. The molecule has 0 saturated carbocycles. The Hall–Kier alpha value is -0.790. The highest BCUT2D eigenvalue weighted by Crippen LogP contribution is 1.81. The van der Waals surface area contributed by atoms with Crippen molar-refractivity contribution in [2.45, 2.75) is 27.2 Å². The maximum absolute atomic E-state index is 9.60. The van der Waals surface area contributed by atoms with E-state index in [2.05, 4.69) is 20.4 Å². The Labute approximate surface area is 56.2 Å². The smallest absolute Gasteiger partial charge is 0.330 e. The van der Waals surface area contributed by atoms with E-state index < -0.39 is 5.97 Å². The number of hydrogen-bond donors (Lipinski definition) is 1. The summed E-state index contributed by atoms with van der Waals surface area (Å²) in [6, 6.07) is 0. The standard InChI is InChI=1S/C4H6O2.C3H8/c1-3(2)4(5)6;1-3-2/h1H2,2H3,(H,5,6);3H2,1-2H3. The van der Waals surface area contributed by atoms with Gasteiger partial charge in [-0.15, -0.1) is 0 Å². The van der Waals surface area contributed by atoms with Crippen molar-refractivity contribution >= 4 is 5.97 Å². The van der Waals surface area contributed by atoms with Crippen LogP contribution in [-0.4, -0.2) is 11.1 Å². The fourth-order valence-electron chi connectivity index (χ4n) is 0. The lowest BCUT2D eigenvalue weighted by Gasteiger charge is -1.79. The van der Waals surface area contributed by atoms with E-state index in [0.717, 1.165) is 0 Å². The first-order valence-corrected chi connectivity index (χ1v) is 2.95. The van der Waals surface area contributed by atoms with Crippen LogP contribution < -0.4 is 0 Å². The van der Waals surface area contributed by atoms with Gasteiger partial charge in [-0.3, -0.25) is 0 Å². The van der Waals surface area contributed by atoms with Crippen LogP contribution in [0, 0.1) is 0 Å². The van der Waals surface area contributed by atoms with Crippen molar-refractivity contribution in [3.8, 4) is 0 Å². The molecule has 0 aliphatic heterocycles. The first kappa shape index (κ1) is 11.1. The molecule has 0 atom stereocenters. The lowest BCUT2D eigenvalue weighted by molar-refractivity contribution is -0.132. The van der Waals surface area contributed by atoms with E-state index in [1.165, 1.54) is 13.3 Å². The largest absolute Gasteiger partial charge is 0.478 e. The average molecular weight is 130 g/mol. The second kappa shape index (κ2) is 7.21. The van der Waals surface area contributed by atoms with Crippen molar-refractivity contribution in [2.75, 3.05) is 0 Å². The van der Waals surface area contributed by atoms with Crippen LogP contribution in [0.15, 0.2) is 12.2 Å². The number of carboxylic acid groups (broad SMARTS) is 1. The first-order chi connectivity index (χ1) is 4.06. The summed E-state index contributed by atoms with van der Waals surface area (Å²) in [6.07, 6.45) is 1.25. The minimum Gasteiger partial charge on any atom is -0.478 e. The molecule has 0 aromatic heterocycles. The molecule has 0 aliphatic carbocycles. The summed E-state index contributed by atoms with van der Waals surface area (Å²) in [5, 5.41) is 7.89. The number of aliphatic carboxylic acids is 1. The van der Waals surface area contributed by atoms with Crippen molar-refractivity contribution in [2.24, 2.45) is 0 Å². The van der Waals surface area contributed by atoms with Crippen molar-refractivity contribution in [3.05, 3.63) is 12.2 Å². The Bertz CT molecular complexity index is 83.1. The molecule has 0 bridgehead atoms. The molecule has 1 N–H and O–H groups in total. The molecule has 0 saturated heterocycles. The van der Waals surface area contributed by atoms with E-state index in [1.54, 1.807) is 0 Å². The average Bonchev–Trinajstić information content (AvgIpc) is 1.68. The molecule has 54 valence electrons. The molecule has 0 aliphatic rings. The molecular weight excluding hydrogens is 116 g/mol. The molecule has 0 spiro atoms. The van der Waals surface area contributed by atoms with Crippen molar-refractivity contribution in [3.63, 3.8) is 0 Å². The van der Waals surface area contributed by atoms with Gasteiger partial charge in [-0.2, -0.15) is 0 Å². The van der Waals surface area contributed by atoms with Crippen LogP contribution in [0.5, 0.6) is 0 Å². The molecule has 9 heavy (non-hydrogen) atoms. The van der Waals surface area contributed by atoms with Crippen LogP contribution in [-0.2, 0) is 4.79 Å². The molecule has 0 aromatic carbocycles. The summed E-state index contributed by atoms with van der Waals surface area (Å²) >= 11 is 0. The van der Waals surface area contributed by atoms with Gasteiger partial charge in [0.2, 0.25) is 0 Å². The van der Waals surface area contributed by atoms with Gasteiger partial charge in [0.1, 0.15) is 0 Å². The molecule has 0 unspecified atom stereocenters. The van der Waals surface area contributed by atoms with Crippen molar-refractivity contribution in [1.82, 2.24) is 0 Å².